The SMILES string of the molecule is NCC1(C(=O)N2CCCC(CNC(N)=O)C2)CCOCC1. The third-order valence-corrected chi connectivity index (χ3v) is 4.67. The molecule has 2 heterocycles. The maximum atomic E-state index is 12.9. The molecule has 120 valence electrons. The molecule has 3 amide bonds. The van der Waals surface area contributed by atoms with Gasteiger partial charge in [0.05, 0.1) is 5.41 Å². The number of urea groups is 1. The van der Waals surface area contributed by atoms with E-state index < -0.39 is 11.4 Å². The van der Waals surface area contributed by atoms with Crippen molar-refractivity contribution in [3.8, 4) is 0 Å². The van der Waals surface area contributed by atoms with Crippen LogP contribution in [-0.2, 0) is 9.53 Å². The first-order chi connectivity index (χ1) is 10.1. The standard InChI is InChI=1S/C14H26N4O3/c15-10-14(3-6-21-7-4-14)12(19)18-5-1-2-11(9-18)8-17-13(16)20/h11H,1-10,15H2,(H3,16,17,20). The van der Waals surface area contributed by atoms with Gasteiger partial charge in [-0.2, -0.15) is 0 Å². The Morgan fingerprint density at radius 1 is 1.33 bits per heavy atom. The summed E-state index contributed by atoms with van der Waals surface area (Å²) < 4.78 is 5.36. The molecule has 2 saturated heterocycles. The second kappa shape index (κ2) is 7.09. The number of rotatable bonds is 4. The third-order valence-electron chi connectivity index (χ3n) is 4.67. The van der Waals surface area contributed by atoms with Crippen LogP contribution in [0, 0.1) is 11.3 Å². The Labute approximate surface area is 125 Å². The maximum Gasteiger partial charge on any atom is 0.312 e. The van der Waals surface area contributed by atoms with Crippen LogP contribution in [0.25, 0.3) is 0 Å². The number of nitrogens with zero attached hydrogens (tertiary/aromatic N) is 1. The van der Waals surface area contributed by atoms with E-state index in [0.29, 0.717) is 45.7 Å². The van der Waals surface area contributed by atoms with Crippen LogP contribution in [0.2, 0.25) is 0 Å². The normalized spacial score (nSPS) is 25.4. The molecule has 0 spiro atoms. The number of carbonyl (C=O) groups excluding carboxylic acids is 2. The molecule has 0 radical (unpaired) electrons. The van der Waals surface area contributed by atoms with Crippen molar-refractivity contribution in [2.24, 2.45) is 22.8 Å². The molecule has 5 N–H and O–H groups in total. The lowest BCUT2D eigenvalue weighted by molar-refractivity contribution is -0.149. The summed E-state index contributed by atoms with van der Waals surface area (Å²) in [6.45, 7) is 3.54. The fourth-order valence-electron chi connectivity index (χ4n) is 3.26. The number of nitrogens with two attached hydrogens (primary N) is 2. The van der Waals surface area contributed by atoms with Gasteiger partial charge in [-0.05, 0) is 31.6 Å². The second-order valence-electron chi connectivity index (χ2n) is 6.10. The maximum absolute atomic E-state index is 12.9. The average molecular weight is 298 g/mol. The van der Waals surface area contributed by atoms with Crippen LogP contribution in [-0.4, -0.2) is 56.2 Å². The number of piperidine rings is 1. The highest BCUT2D eigenvalue weighted by Gasteiger charge is 2.42. The predicted molar refractivity (Wildman–Crippen MR) is 78.4 cm³/mol. The number of nitrogens with one attached hydrogen (secondary N) is 1. The van der Waals surface area contributed by atoms with Gasteiger partial charge in [-0.1, -0.05) is 0 Å². The number of hydrogen-bond donors (Lipinski definition) is 3. The fourth-order valence-corrected chi connectivity index (χ4v) is 3.26. The van der Waals surface area contributed by atoms with Crippen LogP contribution in [0.3, 0.4) is 0 Å². The Bertz CT molecular complexity index is 382. The van der Waals surface area contributed by atoms with E-state index in [4.69, 9.17) is 16.2 Å². The summed E-state index contributed by atoms with van der Waals surface area (Å²) in [5.41, 5.74) is 10.5. The first kappa shape index (κ1) is 16.0. The van der Waals surface area contributed by atoms with Crippen molar-refractivity contribution >= 4 is 11.9 Å². The van der Waals surface area contributed by atoms with E-state index in [0.717, 1.165) is 19.4 Å². The Hall–Kier alpha value is -1.34. The molecule has 2 aliphatic rings. The monoisotopic (exact) mass is 298 g/mol. The zero-order valence-electron chi connectivity index (χ0n) is 12.5. The van der Waals surface area contributed by atoms with Crippen molar-refractivity contribution in [3.63, 3.8) is 0 Å². The molecule has 2 rings (SSSR count). The number of ether oxygens (including phenoxy) is 1. The average Bonchev–Trinajstić information content (AvgIpc) is 2.53. The van der Waals surface area contributed by atoms with Gasteiger partial charge in [-0.3, -0.25) is 4.79 Å². The highest BCUT2D eigenvalue weighted by molar-refractivity contribution is 5.83. The van der Waals surface area contributed by atoms with E-state index >= 15 is 0 Å². The molecule has 0 aliphatic carbocycles. The third kappa shape index (κ3) is 3.85. The van der Waals surface area contributed by atoms with Crippen LogP contribution in [0.15, 0.2) is 0 Å². The summed E-state index contributed by atoms with van der Waals surface area (Å²) in [7, 11) is 0. The first-order valence-corrected chi connectivity index (χ1v) is 7.68. The highest BCUT2D eigenvalue weighted by atomic mass is 16.5. The Kier molecular flexibility index (Phi) is 5.41. The molecule has 0 aromatic heterocycles. The van der Waals surface area contributed by atoms with Gasteiger partial charge in [0.25, 0.3) is 0 Å². The topological polar surface area (TPSA) is 111 Å². The smallest absolute Gasteiger partial charge is 0.312 e. The molecule has 2 fully saturated rings. The molecule has 21 heavy (non-hydrogen) atoms. The van der Waals surface area contributed by atoms with Gasteiger partial charge in [0.15, 0.2) is 0 Å². The van der Waals surface area contributed by atoms with Gasteiger partial charge >= 0.3 is 6.03 Å². The largest absolute Gasteiger partial charge is 0.381 e. The minimum absolute atomic E-state index is 0.150. The van der Waals surface area contributed by atoms with Gasteiger partial charge in [-0.25, -0.2) is 4.79 Å². The van der Waals surface area contributed by atoms with Gasteiger partial charge in [0.2, 0.25) is 5.91 Å². The highest BCUT2D eigenvalue weighted by Crippen LogP contribution is 2.33. The zero-order valence-corrected chi connectivity index (χ0v) is 12.5. The number of amides is 3. The van der Waals surface area contributed by atoms with E-state index in [9.17, 15) is 9.59 Å². The summed E-state index contributed by atoms with van der Waals surface area (Å²) >= 11 is 0. The summed E-state index contributed by atoms with van der Waals surface area (Å²) in [5.74, 6) is 0.418. The number of carbonyl (C=O) groups is 2. The lowest BCUT2D eigenvalue weighted by Crippen LogP contribution is -2.54. The van der Waals surface area contributed by atoms with Gasteiger partial charge in [0.1, 0.15) is 0 Å². The predicted octanol–water partition coefficient (Wildman–Crippen LogP) is -0.351. The molecule has 7 nitrogen and oxygen atoms in total. The molecule has 2 aliphatic heterocycles. The summed E-state index contributed by atoms with van der Waals surface area (Å²) in [5, 5.41) is 2.63. The van der Waals surface area contributed by atoms with Crippen LogP contribution < -0.4 is 16.8 Å². The minimum Gasteiger partial charge on any atom is -0.381 e. The van der Waals surface area contributed by atoms with Gasteiger partial charge in [0, 0.05) is 39.4 Å². The van der Waals surface area contributed by atoms with Crippen LogP contribution in [0.4, 0.5) is 4.79 Å². The first-order valence-electron chi connectivity index (χ1n) is 7.68. The molecular formula is C14H26N4O3. The molecule has 0 aromatic rings. The Balaban J connectivity index is 1.95. The Morgan fingerprint density at radius 2 is 2.05 bits per heavy atom. The lowest BCUT2D eigenvalue weighted by atomic mass is 9.78. The van der Waals surface area contributed by atoms with E-state index in [1.807, 2.05) is 4.90 Å². The summed E-state index contributed by atoms with van der Waals surface area (Å²) in [6.07, 6.45) is 3.35. The Morgan fingerprint density at radius 3 is 2.67 bits per heavy atom. The summed E-state index contributed by atoms with van der Waals surface area (Å²) in [6, 6.07) is -0.513. The van der Waals surface area contributed by atoms with E-state index in [1.54, 1.807) is 0 Å². The second-order valence-corrected chi connectivity index (χ2v) is 6.10. The molecule has 1 unspecified atom stereocenters. The van der Waals surface area contributed by atoms with Crippen LogP contribution in [0.5, 0.6) is 0 Å². The number of hydrogen-bond acceptors (Lipinski definition) is 4. The van der Waals surface area contributed by atoms with Gasteiger partial charge in [-0.15, -0.1) is 0 Å². The quantitative estimate of drug-likeness (QED) is 0.658. The molecule has 1 atom stereocenters. The van der Waals surface area contributed by atoms with E-state index in [-0.39, 0.29) is 11.8 Å². The fraction of sp³-hybridized carbons (Fsp3) is 0.857. The molecule has 0 saturated carbocycles. The van der Waals surface area contributed by atoms with E-state index in [1.165, 1.54) is 0 Å². The van der Waals surface area contributed by atoms with Crippen molar-refractivity contribution in [2.45, 2.75) is 25.7 Å². The lowest BCUT2D eigenvalue weighted by Gasteiger charge is -2.42. The van der Waals surface area contributed by atoms with Crippen molar-refractivity contribution in [3.05, 3.63) is 0 Å². The van der Waals surface area contributed by atoms with Crippen molar-refractivity contribution < 1.29 is 14.3 Å². The van der Waals surface area contributed by atoms with Crippen molar-refractivity contribution in [1.29, 1.82) is 0 Å². The van der Waals surface area contributed by atoms with Crippen molar-refractivity contribution in [2.75, 3.05) is 39.4 Å². The minimum atomic E-state index is -0.513. The molecule has 0 bridgehead atoms. The van der Waals surface area contributed by atoms with E-state index in [2.05, 4.69) is 5.32 Å². The number of primary amides is 1. The number of likely N-dealkylation sites (tertiary alicyclic amines) is 1. The van der Waals surface area contributed by atoms with Gasteiger partial charge < -0.3 is 26.4 Å². The molecular weight excluding hydrogens is 272 g/mol. The zero-order chi connectivity index (χ0) is 15.3. The van der Waals surface area contributed by atoms with Crippen molar-refractivity contribution in [1.82, 2.24) is 10.2 Å². The molecule has 0 aromatic carbocycles. The van der Waals surface area contributed by atoms with Crippen LogP contribution >= 0.6 is 0 Å². The molecule has 7 heteroatoms. The summed E-state index contributed by atoms with van der Waals surface area (Å²) in [4.78, 5) is 25.6. The van der Waals surface area contributed by atoms with Crippen LogP contribution in [0.1, 0.15) is 25.7 Å².